The Bertz CT molecular complexity index is 1280. The fourth-order valence-electron chi connectivity index (χ4n) is 4.65. The molecule has 0 spiro atoms. The lowest BCUT2D eigenvalue weighted by molar-refractivity contribution is -0.136. The standard InChI is InChI=1S/C22H22Cl2N2O4S/c23-16-10-9-14(22(31(25,29)30)19(16)12-5-2-1-3-6-12)20-15(11-18(27)28)13-7-4-8-17(24)21(13)26-20/h4,7-10,12,26H,1-3,5-6,11H2,(H,27,28)(H2,25,29,30). The van der Waals surface area contributed by atoms with Crippen LogP contribution in [0.25, 0.3) is 22.2 Å². The minimum atomic E-state index is -4.16. The van der Waals surface area contributed by atoms with E-state index in [-0.39, 0.29) is 17.2 Å². The molecule has 0 unspecified atom stereocenters. The highest BCUT2D eigenvalue weighted by Gasteiger charge is 2.30. The van der Waals surface area contributed by atoms with Crippen molar-refractivity contribution in [3.63, 3.8) is 0 Å². The van der Waals surface area contributed by atoms with E-state index in [1.54, 1.807) is 30.3 Å². The molecule has 0 atom stereocenters. The van der Waals surface area contributed by atoms with Gasteiger partial charge in [-0.2, -0.15) is 0 Å². The first-order valence-corrected chi connectivity index (χ1v) is 12.3. The third-order valence-corrected chi connectivity index (χ3v) is 7.58. The Hall–Kier alpha value is -2.06. The van der Waals surface area contributed by atoms with Gasteiger partial charge in [-0.05, 0) is 42.0 Å². The summed E-state index contributed by atoms with van der Waals surface area (Å²) in [5, 5.41) is 16.6. The monoisotopic (exact) mass is 480 g/mol. The quantitative estimate of drug-likeness (QED) is 0.449. The van der Waals surface area contributed by atoms with Crippen molar-refractivity contribution in [3.8, 4) is 11.3 Å². The van der Waals surface area contributed by atoms with E-state index in [9.17, 15) is 18.3 Å². The lowest BCUT2D eigenvalue weighted by Crippen LogP contribution is -2.19. The lowest BCUT2D eigenvalue weighted by atomic mass is 9.83. The molecule has 1 saturated carbocycles. The average molecular weight is 481 g/mol. The molecule has 1 heterocycles. The molecule has 4 N–H and O–H groups in total. The Morgan fingerprint density at radius 3 is 2.45 bits per heavy atom. The zero-order valence-electron chi connectivity index (χ0n) is 16.6. The topological polar surface area (TPSA) is 113 Å². The number of sulfonamides is 1. The van der Waals surface area contributed by atoms with Crippen LogP contribution >= 0.6 is 23.2 Å². The Kier molecular flexibility index (Phi) is 6.05. The number of carbonyl (C=O) groups is 1. The summed E-state index contributed by atoms with van der Waals surface area (Å²) in [7, 11) is -4.16. The van der Waals surface area contributed by atoms with Gasteiger partial charge in [0.25, 0.3) is 0 Å². The van der Waals surface area contributed by atoms with E-state index >= 15 is 0 Å². The molecule has 1 fully saturated rings. The minimum Gasteiger partial charge on any atom is -0.481 e. The van der Waals surface area contributed by atoms with E-state index in [4.69, 9.17) is 28.3 Å². The third-order valence-electron chi connectivity index (χ3n) is 5.93. The molecule has 0 amide bonds. The average Bonchev–Trinajstić information content (AvgIpc) is 3.07. The summed E-state index contributed by atoms with van der Waals surface area (Å²) < 4.78 is 25.6. The van der Waals surface area contributed by atoms with Gasteiger partial charge in [0.05, 0.1) is 27.5 Å². The number of aromatic nitrogens is 1. The lowest BCUT2D eigenvalue weighted by Gasteiger charge is -2.26. The molecule has 3 aromatic rings. The van der Waals surface area contributed by atoms with Crippen LogP contribution in [0, 0.1) is 0 Å². The first-order chi connectivity index (χ1) is 14.7. The van der Waals surface area contributed by atoms with Gasteiger partial charge in [-0.1, -0.05) is 60.7 Å². The maximum atomic E-state index is 12.8. The van der Waals surface area contributed by atoms with Gasteiger partial charge in [-0.3, -0.25) is 4.79 Å². The van der Waals surface area contributed by atoms with Gasteiger partial charge in [0, 0.05) is 16.0 Å². The van der Waals surface area contributed by atoms with Gasteiger partial charge < -0.3 is 10.1 Å². The summed E-state index contributed by atoms with van der Waals surface area (Å²) in [6.07, 6.45) is 4.42. The highest BCUT2D eigenvalue weighted by atomic mass is 35.5. The van der Waals surface area contributed by atoms with Crippen LogP contribution in [-0.2, 0) is 21.2 Å². The van der Waals surface area contributed by atoms with E-state index in [1.165, 1.54) is 0 Å². The second-order valence-electron chi connectivity index (χ2n) is 7.93. The molecule has 0 bridgehead atoms. The first-order valence-electron chi connectivity index (χ1n) is 10.0. The maximum Gasteiger partial charge on any atom is 0.307 e. The number of rotatable bonds is 5. The number of hydrogen-bond acceptors (Lipinski definition) is 3. The molecular weight excluding hydrogens is 459 g/mol. The van der Waals surface area contributed by atoms with Crippen molar-refractivity contribution in [2.24, 2.45) is 5.14 Å². The van der Waals surface area contributed by atoms with Gasteiger partial charge in [0.15, 0.2) is 0 Å². The van der Waals surface area contributed by atoms with Crippen LogP contribution < -0.4 is 5.14 Å². The predicted octanol–water partition coefficient (Wildman–Crippen LogP) is 5.46. The number of H-pyrrole nitrogens is 1. The normalized spacial score (nSPS) is 15.5. The molecule has 0 aliphatic heterocycles. The van der Waals surface area contributed by atoms with Crippen LogP contribution in [0.1, 0.15) is 49.1 Å². The molecule has 1 aromatic heterocycles. The molecule has 1 aliphatic carbocycles. The number of carboxylic acids is 1. The SMILES string of the molecule is NS(=O)(=O)c1c(-c2[nH]c3c(Cl)cccc3c2CC(=O)O)ccc(Cl)c1C1CCCCC1. The van der Waals surface area contributed by atoms with Gasteiger partial charge in [0.2, 0.25) is 10.0 Å². The summed E-state index contributed by atoms with van der Waals surface area (Å²) in [6, 6.07) is 8.41. The van der Waals surface area contributed by atoms with Gasteiger partial charge in [0.1, 0.15) is 0 Å². The largest absolute Gasteiger partial charge is 0.481 e. The number of aliphatic carboxylic acids is 1. The van der Waals surface area contributed by atoms with Crippen LogP contribution in [0.5, 0.6) is 0 Å². The summed E-state index contributed by atoms with van der Waals surface area (Å²) in [5.41, 5.74) is 2.21. The summed E-state index contributed by atoms with van der Waals surface area (Å²) in [5.74, 6) is -1.06. The zero-order chi connectivity index (χ0) is 22.3. The van der Waals surface area contributed by atoms with Crippen molar-refractivity contribution in [1.29, 1.82) is 0 Å². The number of primary sulfonamides is 1. The van der Waals surface area contributed by atoms with Crippen LogP contribution in [-0.4, -0.2) is 24.5 Å². The van der Waals surface area contributed by atoms with Gasteiger partial charge in [-0.15, -0.1) is 0 Å². The van der Waals surface area contributed by atoms with Crippen LogP contribution in [0.4, 0.5) is 0 Å². The van der Waals surface area contributed by atoms with Crippen LogP contribution in [0.3, 0.4) is 0 Å². The smallest absolute Gasteiger partial charge is 0.307 e. The van der Waals surface area contributed by atoms with E-state index in [1.807, 2.05) is 0 Å². The summed E-state index contributed by atoms with van der Waals surface area (Å²) >= 11 is 12.8. The summed E-state index contributed by atoms with van der Waals surface area (Å²) in [6.45, 7) is 0. The second-order valence-corrected chi connectivity index (χ2v) is 10.2. The first kappa shape index (κ1) is 22.1. The Labute approximate surface area is 190 Å². The Balaban J connectivity index is 2.06. The number of para-hydroxylation sites is 1. The molecule has 6 nitrogen and oxygen atoms in total. The Morgan fingerprint density at radius 2 is 1.81 bits per heavy atom. The molecule has 31 heavy (non-hydrogen) atoms. The molecule has 2 aromatic carbocycles. The van der Waals surface area contributed by atoms with Crippen LogP contribution in [0.15, 0.2) is 35.2 Å². The summed E-state index contributed by atoms with van der Waals surface area (Å²) in [4.78, 5) is 14.7. The number of aromatic amines is 1. The van der Waals surface area contributed by atoms with Crippen molar-refractivity contribution in [2.45, 2.75) is 49.3 Å². The third kappa shape index (κ3) is 4.20. The molecule has 9 heteroatoms. The highest BCUT2D eigenvalue weighted by molar-refractivity contribution is 7.89. The molecule has 0 saturated heterocycles. The zero-order valence-corrected chi connectivity index (χ0v) is 18.9. The minimum absolute atomic E-state index is 0.0228. The van der Waals surface area contributed by atoms with Crippen molar-refractivity contribution in [2.75, 3.05) is 0 Å². The number of benzene rings is 2. The van der Waals surface area contributed by atoms with Crippen molar-refractivity contribution in [3.05, 3.63) is 51.5 Å². The number of fused-ring (bicyclic) bond motifs is 1. The van der Waals surface area contributed by atoms with Crippen molar-refractivity contribution >= 4 is 50.1 Å². The molecule has 1 aliphatic rings. The number of nitrogens with two attached hydrogens (primary N) is 1. The van der Waals surface area contributed by atoms with Gasteiger partial charge in [-0.25, -0.2) is 13.6 Å². The van der Waals surface area contributed by atoms with E-state index in [2.05, 4.69) is 4.98 Å². The number of carboxylic acid groups (broad SMARTS) is 1. The number of hydrogen-bond donors (Lipinski definition) is 3. The van der Waals surface area contributed by atoms with E-state index < -0.39 is 16.0 Å². The van der Waals surface area contributed by atoms with Crippen molar-refractivity contribution in [1.82, 2.24) is 4.98 Å². The molecule has 164 valence electrons. The fraction of sp³-hybridized carbons (Fsp3) is 0.318. The molecular formula is C22H22Cl2N2O4S. The van der Waals surface area contributed by atoms with E-state index in [0.29, 0.717) is 43.3 Å². The van der Waals surface area contributed by atoms with Crippen LogP contribution in [0.2, 0.25) is 10.0 Å². The Morgan fingerprint density at radius 1 is 1.10 bits per heavy atom. The number of nitrogens with one attached hydrogen (secondary N) is 1. The fourth-order valence-corrected chi connectivity index (χ4v) is 6.30. The maximum absolute atomic E-state index is 12.8. The molecule has 0 radical (unpaired) electrons. The van der Waals surface area contributed by atoms with Crippen molar-refractivity contribution < 1.29 is 18.3 Å². The predicted molar refractivity (Wildman–Crippen MR) is 122 cm³/mol. The van der Waals surface area contributed by atoms with E-state index in [0.717, 1.165) is 32.1 Å². The second kappa shape index (κ2) is 8.47. The molecule has 4 rings (SSSR count). The van der Waals surface area contributed by atoms with Gasteiger partial charge >= 0.3 is 5.97 Å². The highest BCUT2D eigenvalue weighted by Crippen LogP contribution is 2.45. The number of halogens is 2.